The molecule has 0 bridgehead atoms. The van der Waals surface area contributed by atoms with E-state index in [0.29, 0.717) is 25.1 Å². The summed E-state index contributed by atoms with van der Waals surface area (Å²) in [5.41, 5.74) is 2.57. The van der Waals surface area contributed by atoms with Crippen LogP contribution in [0.3, 0.4) is 0 Å². The normalized spacial score (nSPS) is 15.7. The van der Waals surface area contributed by atoms with Crippen LogP contribution in [0.4, 0.5) is 0 Å². The molecule has 1 fully saturated rings. The van der Waals surface area contributed by atoms with E-state index in [9.17, 15) is 9.59 Å². The van der Waals surface area contributed by atoms with Gasteiger partial charge < -0.3 is 15.2 Å². The number of hydrogen-bond donors (Lipinski definition) is 2. The first-order valence-electron chi connectivity index (χ1n) is 9.90. The first-order chi connectivity index (χ1) is 13.7. The van der Waals surface area contributed by atoms with Gasteiger partial charge >= 0.3 is 0 Å². The third-order valence-electron chi connectivity index (χ3n) is 5.40. The van der Waals surface area contributed by atoms with Crippen molar-refractivity contribution in [3.63, 3.8) is 0 Å². The number of H-pyrrole nitrogens is 1. The van der Waals surface area contributed by atoms with Crippen molar-refractivity contribution < 1.29 is 9.59 Å². The number of piperidine rings is 1. The molecule has 2 aromatic carbocycles. The number of hydrogen-bond acceptors (Lipinski definition) is 3. The third kappa shape index (κ3) is 3.85. The van der Waals surface area contributed by atoms with Crippen molar-refractivity contribution in [1.29, 1.82) is 0 Å². The zero-order chi connectivity index (χ0) is 19.3. The highest BCUT2D eigenvalue weighted by molar-refractivity contribution is 6.10. The van der Waals surface area contributed by atoms with Gasteiger partial charge in [0.25, 0.3) is 0 Å². The van der Waals surface area contributed by atoms with Crippen molar-refractivity contribution in [2.75, 3.05) is 19.6 Å². The quantitative estimate of drug-likeness (QED) is 0.619. The summed E-state index contributed by atoms with van der Waals surface area (Å²) in [5.74, 6) is 0.251. The third-order valence-corrected chi connectivity index (χ3v) is 5.40. The van der Waals surface area contributed by atoms with Crippen molar-refractivity contribution in [3.8, 4) is 0 Å². The number of fused-ring (bicyclic) bond motifs is 1. The molecule has 144 valence electrons. The van der Waals surface area contributed by atoms with Crippen LogP contribution in [0, 0.1) is 0 Å². The Morgan fingerprint density at radius 1 is 1.07 bits per heavy atom. The van der Waals surface area contributed by atoms with E-state index < -0.39 is 6.04 Å². The summed E-state index contributed by atoms with van der Waals surface area (Å²) in [6, 6.07) is 17.2. The Morgan fingerprint density at radius 2 is 1.86 bits per heavy atom. The molecule has 28 heavy (non-hydrogen) atoms. The lowest BCUT2D eigenvalue weighted by Crippen LogP contribution is -2.41. The fraction of sp³-hybridized carbons (Fsp3) is 0.304. The van der Waals surface area contributed by atoms with Gasteiger partial charge in [0.15, 0.2) is 5.78 Å². The van der Waals surface area contributed by atoms with Gasteiger partial charge in [-0.25, -0.2) is 0 Å². The van der Waals surface area contributed by atoms with Crippen LogP contribution in [0.25, 0.3) is 10.9 Å². The summed E-state index contributed by atoms with van der Waals surface area (Å²) in [4.78, 5) is 30.5. The maximum Gasteiger partial charge on any atom is 0.222 e. The van der Waals surface area contributed by atoms with Gasteiger partial charge in [-0.15, -0.1) is 0 Å². The highest BCUT2D eigenvalue weighted by Crippen LogP contribution is 2.24. The molecule has 0 radical (unpaired) electrons. The zero-order valence-corrected chi connectivity index (χ0v) is 15.9. The first-order valence-corrected chi connectivity index (χ1v) is 9.90. The highest BCUT2D eigenvalue weighted by atomic mass is 16.2. The van der Waals surface area contributed by atoms with Gasteiger partial charge in [-0.2, -0.15) is 0 Å². The van der Waals surface area contributed by atoms with Crippen molar-refractivity contribution in [2.45, 2.75) is 25.3 Å². The minimum absolute atomic E-state index is 0.0358. The summed E-state index contributed by atoms with van der Waals surface area (Å²) in [5, 5.41) is 4.33. The number of likely N-dealkylation sites (tertiary alicyclic amines) is 1. The number of rotatable bonds is 7. The Balaban J connectivity index is 1.54. The molecule has 1 atom stereocenters. The second kappa shape index (κ2) is 8.40. The number of aromatic nitrogens is 1. The molecule has 1 aliphatic rings. The van der Waals surface area contributed by atoms with Gasteiger partial charge in [-0.3, -0.25) is 9.59 Å². The molecular weight excluding hydrogens is 350 g/mol. The number of ketones is 1. The summed E-state index contributed by atoms with van der Waals surface area (Å²) < 4.78 is 0. The Kier molecular flexibility index (Phi) is 5.53. The molecule has 1 aliphatic heterocycles. The van der Waals surface area contributed by atoms with Crippen LogP contribution in [0.1, 0.15) is 41.2 Å². The number of benzene rings is 2. The topological polar surface area (TPSA) is 65.2 Å². The lowest BCUT2D eigenvalue weighted by Gasteiger charge is -2.27. The van der Waals surface area contributed by atoms with Crippen molar-refractivity contribution >= 4 is 22.6 Å². The van der Waals surface area contributed by atoms with Crippen LogP contribution < -0.4 is 5.32 Å². The van der Waals surface area contributed by atoms with E-state index in [1.165, 1.54) is 0 Å². The minimum Gasteiger partial charge on any atom is -0.360 e. The van der Waals surface area contributed by atoms with Crippen LogP contribution in [-0.2, 0) is 4.79 Å². The molecule has 1 aromatic heterocycles. The van der Waals surface area contributed by atoms with Gasteiger partial charge in [0, 0.05) is 48.7 Å². The molecule has 4 rings (SSSR count). The lowest BCUT2D eigenvalue weighted by molar-refractivity contribution is -0.133. The van der Waals surface area contributed by atoms with E-state index in [1.54, 1.807) is 6.20 Å². The van der Waals surface area contributed by atoms with E-state index in [1.807, 2.05) is 59.5 Å². The number of nitrogens with one attached hydrogen (secondary N) is 2. The Morgan fingerprint density at radius 3 is 2.68 bits per heavy atom. The van der Waals surface area contributed by atoms with Gasteiger partial charge in [0.1, 0.15) is 0 Å². The summed E-state index contributed by atoms with van der Waals surface area (Å²) in [7, 11) is 0. The molecule has 2 N–H and O–H groups in total. The van der Waals surface area contributed by atoms with Crippen molar-refractivity contribution in [3.05, 3.63) is 71.9 Å². The van der Waals surface area contributed by atoms with Crippen molar-refractivity contribution in [1.82, 2.24) is 15.2 Å². The number of carbonyl (C=O) groups is 2. The second-order valence-electron chi connectivity index (χ2n) is 7.25. The molecule has 0 saturated carbocycles. The maximum atomic E-state index is 13.4. The van der Waals surface area contributed by atoms with E-state index in [4.69, 9.17) is 0 Å². The summed E-state index contributed by atoms with van der Waals surface area (Å²) in [6.45, 7) is 2.02. The molecule has 0 unspecified atom stereocenters. The second-order valence-corrected chi connectivity index (χ2v) is 7.25. The van der Waals surface area contributed by atoms with Gasteiger partial charge in [-0.1, -0.05) is 48.5 Å². The molecule has 5 nitrogen and oxygen atoms in total. The van der Waals surface area contributed by atoms with Crippen LogP contribution in [0.5, 0.6) is 0 Å². The van der Waals surface area contributed by atoms with E-state index in [2.05, 4.69) is 10.3 Å². The van der Waals surface area contributed by atoms with E-state index in [-0.39, 0.29) is 11.7 Å². The number of nitrogens with zero attached hydrogens (tertiary/aromatic N) is 1. The Bertz CT molecular complexity index is 964. The Labute approximate surface area is 164 Å². The van der Waals surface area contributed by atoms with E-state index in [0.717, 1.165) is 35.9 Å². The fourth-order valence-electron chi connectivity index (χ4n) is 3.88. The average Bonchev–Trinajstić information content (AvgIpc) is 3.17. The van der Waals surface area contributed by atoms with Crippen LogP contribution >= 0.6 is 0 Å². The summed E-state index contributed by atoms with van der Waals surface area (Å²) >= 11 is 0. The first kappa shape index (κ1) is 18.4. The number of aromatic amines is 1. The number of carbonyl (C=O) groups excluding carboxylic acids is 2. The van der Waals surface area contributed by atoms with Crippen LogP contribution in [0.15, 0.2) is 60.8 Å². The SMILES string of the molecule is O=C(c1c[nH]c2ccccc12)[C@@H](NCCN1CCCCC1=O)c1ccccc1. The highest BCUT2D eigenvalue weighted by Gasteiger charge is 2.25. The Hall–Kier alpha value is -2.92. The molecule has 5 heteroatoms. The number of Topliss-reactive ketones (excluding diaryl/α,β-unsaturated/α-hetero) is 1. The zero-order valence-electron chi connectivity index (χ0n) is 15.9. The number of amides is 1. The predicted molar refractivity (Wildman–Crippen MR) is 110 cm³/mol. The largest absolute Gasteiger partial charge is 0.360 e. The van der Waals surface area contributed by atoms with Gasteiger partial charge in [0.2, 0.25) is 5.91 Å². The maximum absolute atomic E-state index is 13.4. The minimum atomic E-state index is -0.444. The summed E-state index contributed by atoms with van der Waals surface area (Å²) in [6.07, 6.45) is 4.46. The monoisotopic (exact) mass is 375 g/mol. The van der Waals surface area contributed by atoms with Gasteiger partial charge in [0.05, 0.1) is 6.04 Å². The molecule has 3 aromatic rings. The molecular formula is C23H25N3O2. The van der Waals surface area contributed by atoms with E-state index >= 15 is 0 Å². The van der Waals surface area contributed by atoms with Crippen LogP contribution in [-0.4, -0.2) is 41.2 Å². The smallest absolute Gasteiger partial charge is 0.222 e. The molecule has 0 aliphatic carbocycles. The predicted octanol–water partition coefficient (Wildman–Crippen LogP) is 3.69. The fourth-order valence-corrected chi connectivity index (χ4v) is 3.88. The number of para-hydroxylation sites is 1. The standard InChI is InChI=1S/C23H25N3O2/c27-21-12-6-7-14-26(21)15-13-24-22(17-8-2-1-3-9-17)23(28)19-16-25-20-11-5-4-10-18(19)20/h1-5,8-11,16,22,24-25H,6-7,12-15H2/t22-/m0/s1. The molecule has 1 amide bonds. The molecule has 2 heterocycles. The average molecular weight is 375 g/mol. The lowest BCUT2D eigenvalue weighted by atomic mass is 9.97. The molecule has 1 saturated heterocycles. The molecule has 0 spiro atoms. The van der Waals surface area contributed by atoms with Crippen LogP contribution in [0.2, 0.25) is 0 Å². The van der Waals surface area contributed by atoms with Gasteiger partial charge in [-0.05, 0) is 24.5 Å². The van der Waals surface area contributed by atoms with Crippen molar-refractivity contribution in [2.24, 2.45) is 0 Å².